The number of carbonyl (C=O) groups is 2. The first-order valence-electron chi connectivity index (χ1n) is 14.6. The van der Waals surface area contributed by atoms with E-state index in [1.165, 1.54) is 0 Å². The molecule has 43 heavy (non-hydrogen) atoms. The molecule has 1 aliphatic carbocycles. The van der Waals surface area contributed by atoms with Gasteiger partial charge in [-0.2, -0.15) is 0 Å². The smallest absolute Gasteiger partial charge is 0.408 e. The number of hydrogen-bond acceptors (Lipinski definition) is 6. The molecule has 2 atom stereocenters. The monoisotopic (exact) mass is 602 g/mol. The Kier molecular flexibility index (Phi) is 8.33. The second kappa shape index (κ2) is 11.7. The van der Waals surface area contributed by atoms with Gasteiger partial charge in [-0.05, 0) is 66.2 Å². The zero-order valence-electron chi connectivity index (χ0n) is 25.6. The van der Waals surface area contributed by atoms with Crippen molar-refractivity contribution >= 4 is 42.2 Å². The van der Waals surface area contributed by atoms with Crippen LogP contribution in [0, 0.1) is 11.7 Å². The number of hydrogen-bond donors (Lipinski definition) is 1. The van der Waals surface area contributed by atoms with E-state index in [-0.39, 0.29) is 29.0 Å². The maximum absolute atomic E-state index is 15.6. The van der Waals surface area contributed by atoms with Crippen molar-refractivity contribution in [3.05, 3.63) is 89.6 Å². The molecule has 1 aromatic heterocycles. The molecule has 2 unspecified atom stereocenters. The molecule has 0 aliphatic heterocycles. The van der Waals surface area contributed by atoms with Gasteiger partial charge in [0.05, 0.1) is 6.61 Å². The summed E-state index contributed by atoms with van der Waals surface area (Å²) in [7, 11) is -2.99. The number of amides is 1. The molecule has 0 bridgehead atoms. The first kappa shape index (κ1) is 30.6. The first-order valence-corrected chi connectivity index (χ1v) is 16.5. The lowest BCUT2D eigenvalue weighted by Gasteiger charge is -2.43. The molecular formula is C34H39FN2O5Si. The van der Waals surface area contributed by atoms with Gasteiger partial charge < -0.3 is 23.7 Å². The van der Waals surface area contributed by atoms with Crippen molar-refractivity contribution in [2.45, 2.75) is 71.1 Å². The van der Waals surface area contributed by atoms with Crippen molar-refractivity contribution < 1.29 is 27.6 Å². The normalized spacial score (nSPS) is 16.1. The van der Waals surface area contributed by atoms with Crippen molar-refractivity contribution in [2.24, 2.45) is 5.92 Å². The SMILES string of the molecule is CC(C)(C)OC(=O)NC(CO[Si](c1ccccc1)(c1ccccc1)C(C)(C)C)c1nc2cc3c(c(F)c2o1)CC(C=O)C3. The third kappa shape index (κ3) is 6.14. The Balaban J connectivity index is 1.57. The summed E-state index contributed by atoms with van der Waals surface area (Å²) in [5, 5.41) is 4.73. The van der Waals surface area contributed by atoms with Crippen LogP contribution in [-0.2, 0) is 26.8 Å². The molecule has 4 aromatic rings. The molecule has 1 amide bonds. The Morgan fingerprint density at radius 1 is 1.05 bits per heavy atom. The number of benzene rings is 3. The van der Waals surface area contributed by atoms with Gasteiger partial charge >= 0.3 is 6.09 Å². The number of aromatic nitrogens is 1. The minimum absolute atomic E-state index is 0.00161. The van der Waals surface area contributed by atoms with E-state index >= 15 is 4.39 Å². The Labute approximate surface area is 252 Å². The highest BCUT2D eigenvalue weighted by atomic mass is 28.4. The van der Waals surface area contributed by atoms with Gasteiger partial charge in [-0.25, -0.2) is 14.2 Å². The highest BCUT2D eigenvalue weighted by molar-refractivity contribution is 6.99. The molecule has 0 spiro atoms. The molecule has 1 N–H and O–H groups in total. The maximum Gasteiger partial charge on any atom is 0.408 e. The Morgan fingerprint density at radius 2 is 1.65 bits per heavy atom. The van der Waals surface area contributed by atoms with Crippen LogP contribution >= 0.6 is 0 Å². The van der Waals surface area contributed by atoms with Crippen molar-refractivity contribution in [3.8, 4) is 0 Å². The summed E-state index contributed by atoms with van der Waals surface area (Å²) in [5.41, 5.74) is 0.826. The molecule has 0 fully saturated rings. The second-order valence-corrected chi connectivity index (χ2v) is 17.5. The van der Waals surface area contributed by atoms with Crippen LogP contribution in [-0.4, -0.2) is 37.9 Å². The van der Waals surface area contributed by atoms with E-state index in [0.29, 0.717) is 23.9 Å². The lowest BCUT2D eigenvalue weighted by molar-refractivity contribution is -0.110. The van der Waals surface area contributed by atoms with Gasteiger partial charge in [0.2, 0.25) is 5.89 Å². The number of nitrogens with zero attached hydrogens (tertiary/aromatic N) is 1. The lowest BCUT2D eigenvalue weighted by atomic mass is 10.1. The highest BCUT2D eigenvalue weighted by Gasteiger charge is 2.50. The number of fused-ring (bicyclic) bond motifs is 2. The van der Waals surface area contributed by atoms with Crippen molar-refractivity contribution in [3.63, 3.8) is 0 Å². The summed E-state index contributed by atoms with van der Waals surface area (Å²) in [6.07, 6.45) is 0.989. The van der Waals surface area contributed by atoms with Crippen LogP contribution in [0.4, 0.5) is 9.18 Å². The summed E-state index contributed by atoms with van der Waals surface area (Å²) in [6, 6.07) is 21.2. The fourth-order valence-electron chi connectivity index (χ4n) is 5.99. The van der Waals surface area contributed by atoms with Crippen LogP contribution in [0.1, 0.15) is 64.6 Å². The van der Waals surface area contributed by atoms with Gasteiger partial charge in [0.1, 0.15) is 23.4 Å². The van der Waals surface area contributed by atoms with Crippen LogP contribution in [0.15, 0.2) is 71.1 Å². The van der Waals surface area contributed by atoms with Crippen LogP contribution < -0.4 is 15.7 Å². The molecule has 0 saturated heterocycles. The predicted molar refractivity (Wildman–Crippen MR) is 167 cm³/mol. The quantitative estimate of drug-likeness (QED) is 0.196. The number of rotatable bonds is 8. The molecular weight excluding hydrogens is 563 g/mol. The molecule has 1 aliphatic rings. The zero-order chi connectivity index (χ0) is 31.0. The predicted octanol–water partition coefficient (Wildman–Crippen LogP) is 6.02. The van der Waals surface area contributed by atoms with Gasteiger partial charge in [0.15, 0.2) is 11.4 Å². The van der Waals surface area contributed by atoms with Crippen LogP contribution in [0.3, 0.4) is 0 Å². The maximum atomic E-state index is 15.6. The third-order valence-corrected chi connectivity index (χ3v) is 12.9. The lowest BCUT2D eigenvalue weighted by Crippen LogP contribution is -2.67. The summed E-state index contributed by atoms with van der Waals surface area (Å²) >= 11 is 0. The Hall–Kier alpha value is -3.82. The van der Waals surface area contributed by atoms with E-state index in [4.69, 9.17) is 13.6 Å². The van der Waals surface area contributed by atoms with Crippen LogP contribution in [0.25, 0.3) is 11.1 Å². The van der Waals surface area contributed by atoms with Gasteiger partial charge in [0.25, 0.3) is 8.32 Å². The molecule has 7 nitrogen and oxygen atoms in total. The van der Waals surface area contributed by atoms with E-state index in [1.54, 1.807) is 26.8 Å². The number of ether oxygens (including phenoxy) is 1. The molecule has 3 aromatic carbocycles. The van der Waals surface area contributed by atoms with E-state index in [9.17, 15) is 9.59 Å². The number of halogens is 1. The standard InChI is InChI=1S/C34H39FN2O5Si/c1-33(2,3)42-32(39)37-28(31-36-27-19-23-17-22(20-38)18-26(23)29(35)30(27)41-31)21-40-43(34(4,5)6,24-13-9-7-10-14-24)25-15-11-8-12-16-25/h7-16,19-20,22,28H,17-18,21H2,1-6H3,(H,37,39). The molecule has 1 heterocycles. The average Bonchev–Trinajstić information content (AvgIpc) is 3.57. The minimum Gasteiger partial charge on any atom is -0.444 e. The zero-order valence-corrected chi connectivity index (χ0v) is 26.6. The minimum atomic E-state index is -2.99. The van der Waals surface area contributed by atoms with Crippen LogP contribution in [0.5, 0.6) is 0 Å². The topological polar surface area (TPSA) is 90.7 Å². The molecule has 0 radical (unpaired) electrons. The summed E-state index contributed by atoms with van der Waals surface area (Å²) in [5.74, 6) is -0.648. The van der Waals surface area contributed by atoms with E-state index in [2.05, 4.69) is 55.3 Å². The van der Waals surface area contributed by atoms with Crippen molar-refractivity contribution in [1.29, 1.82) is 0 Å². The Morgan fingerprint density at radius 3 is 2.19 bits per heavy atom. The van der Waals surface area contributed by atoms with Gasteiger partial charge in [-0.1, -0.05) is 81.4 Å². The van der Waals surface area contributed by atoms with E-state index < -0.39 is 31.9 Å². The average molecular weight is 603 g/mol. The highest BCUT2D eigenvalue weighted by Crippen LogP contribution is 2.38. The second-order valence-electron chi connectivity index (χ2n) is 13.2. The van der Waals surface area contributed by atoms with Gasteiger partial charge in [-0.15, -0.1) is 0 Å². The summed E-state index contributed by atoms with van der Waals surface area (Å²) in [4.78, 5) is 29.1. The number of nitrogens with one attached hydrogen (secondary N) is 1. The molecule has 9 heteroatoms. The Bertz CT molecular complexity index is 1570. The molecule has 226 valence electrons. The number of aldehydes is 1. The van der Waals surface area contributed by atoms with Crippen molar-refractivity contribution in [2.75, 3.05) is 6.61 Å². The summed E-state index contributed by atoms with van der Waals surface area (Å²) < 4.78 is 34.3. The number of oxazole rings is 1. The van der Waals surface area contributed by atoms with Gasteiger partial charge in [0, 0.05) is 5.92 Å². The number of carbonyl (C=O) groups excluding carboxylic acids is 2. The fraction of sp³-hybridized carbons (Fsp3) is 0.382. The van der Waals surface area contributed by atoms with E-state index in [0.717, 1.165) is 22.2 Å². The van der Waals surface area contributed by atoms with Crippen LogP contribution in [0.2, 0.25) is 5.04 Å². The fourth-order valence-corrected chi connectivity index (χ4v) is 10.6. The van der Waals surface area contributed by atoms with Gasteiger partial charge in [-0.3, -0.25) is 0 Å². The van der Waals surface area contributed by atoms with E-state index in [1.807, 2.05) is 36.4 Å². The first-order chi connectivity index (χ1) is 20.3. The molecule has 0 saturated carbocycles. The summed E-state index contributed by atoms with van der Waals surface area (Å²) in [6.45, 7) is 11.8. The molecule has 5 rings (SSSR count). The largest absolute Gasteiger partial charge is 0.444 e. The number of alkyl carbamates (subject to hydrolysis) is 1. The third-order valence-electron chi connectivity index (χ3n) is 7.85. The van der Waals surface area contributed by atoms with Crippen molar-refractivity contribution in [1.82, 2.24) is 10.3 Å².